The number of ether oxygens (including phenoxy) is 2. The molecule has 14 heavy (non-hydrogen) atoms. The van der Waals surface area contributed by atoms with E-state index in [1.807, 2.05) is 13.8 Å². The lowest BCUT2D eigenvalue weighted by Crippen LogP contribution is -2.35. The van der Waals surface area contributed by atoms with Gasteiger partial charge in [0.1, 0.15) is 13.2 Å². The summed E-state index contributed by atoms with van der Waals surface area (Å²) in [7, 11) is 2.81. The fourth-order valence-electron chi connectivity index (χ4n) is 0.695. The molecule has 1 amide bonds. The normalized spacial score (nSPS) is 10.1. The zero-order chi connectivity index (χ0) is 11.1. The second kappa shape index (κ2) is 6.37. The van der Waals surface area contributed by atoms with Crippen LogP contribution in [0.1, 0.15) is 13.8 Å². The molecule has 5 nitrogen and oxygen atoms in total. The zero-order valence-corrected chi connectivity index (χ0v) is 9.07. The van der Waals surface area contributed by atoms with Crippen molar-refractivity contribution in [2.75, 3.05) is 27.3 Å². The molecule has 0 radical (unpaired) electrons. The van der Waals surface area contributed by atoms with Gasteiger partial charge in [-0.3, -0.25) is 9.59 Å². The molecule has 5 heteroatoms. The van der Waals surface area contributed by atoms with Gasteiger partial charge in [0.05, 0.1) is 13.2 Å². The van der Waals surface area contributed by atoms with Gasteiger partial charge in [0.2, 0.25) is 5.91 Å². The van der Waals surface area contributed by atoms with E-state index in [1.54, 1.807) is 0 Å². The minimum atomic E-state index is -0.439. The first kappa shape index (κ1) is 12.9. The molecule has 0 rings (SSSR count). The molecule has 0 aromatic heterocycles. The van der Waals surface area contributed by atoms with Crippen molar-refractivity contribution in [2.24, 2.45) is 0 Å². The molecule has 0 heterocycles. The molecule has 0 spiro atoms. The Labute approximate surface area is 84.0 Å². The van der Waals surface area contributed by atoms with Crippen molar-refractivity contribution in [3.8, 4) is 0 Å². The molecule has 0 atom stereocenters. The second-order valence-corrected chi connectivity index (χ2v) is 3.19. The average molecular weight is 203 g/mol. The first-order valence-corrected chi connectivity index (χ1v) is 4.39. The molecule has 0 aliphatic rings. The van der Waals surface area contributed by atoms with Crippen LogP contribution >= 0.6 is 0 Å². The molecule has 0 fully saturated rings. The number of carbonyl (C=O) groups is 2. The molecule has 0 aliphatic heterocycles. The number of esters is 1. The van der Waals surface area contributed by atoms with Gasteiger partial charge in [-0.15, -0.1) is 0 Å². The van der Waals surface area contributed by atoms with E-state index < -0.39 is 5.97 Å². The number of rotatable bonds is 5. The zero-order valence-electron chi connectivity index (χ0n) is 9.07. The van der Waals surface area contributed by atoms with Crippen molar-refractivity contribution >= 4 is 11.9 Å². The molecule has 0 aromatic carbocycles. The van der Waals surface area contributed by atoms with E-state index in [9.17, 15) is 9.59 Å². The molecule has 0 saturated heterocycles. The van der Waals surface area contributed by atoms with Crippen molar-refractivity contribution in [3.05, 3.63) is 0 Å². The summed E-state index contributed by atoms with van der Waals surface area (Å²) in [6.45, 7) is 3.63. The predicted molar refractivity (Wildman–Crippen MR) is 50.7 cm³/mol. The lowest BCUT2D eigenvalue weighted by molar-refractivity contribution is -0.148. The van der Waals surface area contributed by atoms with Gasteiger partial charge in [-0.2, -0.15) is 0 Å². The van der Waals surface area contributed by atoms with Crippen molar-refractivity contribution in [2.45, 2.75) is 20.0 Å². The number of carbonyl (C=O) groups excluding carboxylic acids is 2. The van der Waals surface area contributed by atoms with Crippen LogP contribution in [0.15, 0.2) is 0 Å². The van der Waals surface area contributed by atoms with Gasteiger partial charge < -0.3 is 14.4 Å². The number of methoxy groups -OCH3 is 1. The summed E-state index contributed by atoms with van der Waals surface area (Å²) in [6.07, 6.45) is 0.00507. The van der Waals surface area contributed by atoms with Crippen LogP contribution in [0, 0.1) is 0 Å². The number of nitrogens with zero attached hydrogens (tertiary/aromatic N) is 1. The number of hydrogen-bond acceptors (Lipinski definition) is 4. The van der Waals surface area contributed by atoms with Crippen molar-refractivity contribution in [1.29, 1.82) is 0 Å². The van der Waals surface area contributed by atoms with E-state index in [0.29, 0.717) is 0 Å². The second-order valence-electron chi connectivity index (χ2n) is 3.19. The minimum Gasteiger partial charge on any atom is -0.468 e. The molecular formula is C9H17NO4. The van der Waals surface area contributed by atoms with Crippen LogP contribution in [0.3, 0.4) is 0 Å². The number of amides is 1. The third-order valence-corrected chi connectivity index (χ3v) is 1.56. The monoisotopic (exact) mass is 203 g/mol. The highest BCUT2D eigenvalue weighted by atomic mass is 16.5. The summed E-state index contributed by atoms with van der Waals surface area (Å²) in [6, 6.07) is 0. The van der Waals surface area contributed by atoms with E-state index in [2.05, 4.69) is 4.74 Å². The fraction of sp³-hybridized carbons (Fsp3) is 0.778. The van der Waals surface area contributed by atoms with Crippen LogP contribution in [0.2, 0.25) is 0 Å². The summed E-state index contributed by atoms with van der Waals surface area (Å²) in [5.74, 6) is -0.672. The molecule has 82 valence electrons. The quantitative estimate of drug-likeness (QED) is 0.592. The Morgan fingerprint density at radius 2 is 1.93 bits per heavy atom. The standard InChI is InChI=1S/C9H17NO4/c1-7(2)14-6-8(11)10(3)5-9(12)13-4/h7H,5-6H2,1-4H3. The Morgan fingerprint density at radius 1 is 1.36 bits per heavy atom. The highest BCUT2D eigenvalue weighted by Crippen LogP contribution is 1.92. The van der Waals surface area contributed by atoms with Crippen LogP contribution < -0.4 is 0 Å². The van der Waals surface area contributed by atoms with E-state index in [1.165, 1.54) is 19.1 Å². The summed E-state index contributed by atoms with van der Waals surface area (Å²) in [5, 5.41) is 0. The van der Waals surface area contributed by atoms with Crippen LogP contribution in [0.25, 0.3) is 0 Å². The van der Waals surface area contributed by atoms with Crippen molar-refractivity contribution in [1.82, 2.24) is 4.90 Å². The lowest BCUT2D eigenvalue weighted by atomic mass is 10.4. The third-order valence-electron chi connectivity index (χ3n) is 1.56. The smallest absolute Gasteiger partial charge is 0.325 e. The lowest BCUT2D eigenvalue weighted by Gasteiger charge is -2.16. The highest BCUT2D eigenvalue weighted by molar-refractivity contribution is 5.82. The predicted octanol–water partition coefficient (Wildman–Crippen LogP) is 0.0428. The summed E-state index contributed by atoms with van der Waals surface area (Å²) in [4.78, 5) is 23.4. The van der Waals surface area contributed by atoms with Gasteiger partial charge in [-0.05, 0) is 13.8 Å². The highest BCUT2D eigenvalue weighted by Gasteiger charge is 2.13. The summed E-state index contributed by atoms with van der Waals surface area (Å²) < 4.78 is 9.52. The van der Waals surface area contributed by atoms with E-state index in [0.717, 1.165) is 0 Å². The third kappa shape index (κ3) is 5.53. The Hall–Kier alpha value is -1.10. The molecule has 0 N–H and O–H groups in total. The minimum absolute atomic E-state index is 0.00507. The van der Waals surface area contributed by atoms with Crippen molar-refractivity contribution in [3.63, 3.8) is 0 Å². The van der Waals surface area contributed by atoms with Gasteiger partial charge in [0, 0.05) is 7.05 Å². The van der Waals surface area contributed by atoms with E-state index in [4.69, 9.17) is 4.74 Å². The number of hydrogen-bond donors (Lipinski definition) is 0. The van der Waals surface area contributed by atoms with Gasteiger partial charge >= 0.3 is 5.97 Å². The largest absolute Gasteiger partial charge is 0.468 e. The molecule has 0 unspecified atom stereocenters. The molecule has 0 bridgehead atoms. The summed E-state index contributed by atoms with van der Waals surface area (Å²) in [5.41, 5.74) is 0. The van der Waals surface area contributed by atoms with Crippen LogP contribution in [0.4, 0.5) is 0 Å². The average Bonchev–Trinajstić information content (AvgIpc) is 2.13. The topological polar surface area (TPSA) is 55.8 Å². The molecule has 0 aliphatic carbocycles. The van der Waals surface area contributed by atoms with Crippen molar-refractivity contribution < 1.29 is 19.1 Å². The Morgan fingerprint density at radius 3 is 2.36 bits per heavy atom. The van der Waals surface area contributed by atoms with Gasteiger partial charge in [0.25, 0.3) is 0 Å². The maximum absolute atomic E-state index is 11.3. The molecule has 0 aromatic rings. The maximum Gasteiger partial charge on any atom is 0.325 e. The van der Waals surface area contributed by atoms with Gasteiger partial charge in [-0.1, -0.05) is 0 Å². The first-order chi connectivity index (χ1) is 6.47. The van der Waals surface area contributed by atoms with Crippen LogP contribution in [-0.4, -0.2) is 50.2 Å². The van der Waals surface area contributed by atoms with Gasteiger partial charge in [-0.25, -0.2) is 0 Å². The van der Waals surface area contributed by atoms with Gasteiger partial charge in [0.15, 0.2) is 0 Å². The Kier molecular flexibility index (Phi) is 5.87. The fourth-order valence-corrected chi connectivity index (χ4v) is 0.695. The SMILES string of the molecule is COC(=O)CN(C)C(=O)COC(C)C. The number of likely N-dealkylation sites (N-methyl/N-ethyl adjacent to an activating group) is 1. The summed E-state index contributed by atoms with van der Waals surface area (Å²) >= 11 is 0. The molecule has 0 saturated carbocycles. The first-order valence-electron chi connectivity index (χ1n) is 4.39. The van der Waals surface area contributed by atoms with E-state index >= 15 is 0 Å². The molecular weight excluding hydrogens is 186 g/mol. The maximum atomic E-state index is 11.3. The van der Waals surface area contributed by atoms with E-state index in [-0.39, 0.29) is 25.2 Å². The Bertz CT molecular complexity index is 203. The Balaban J connectivity index is 3.82. The van der Waals surface area contributed by atoms with Crippen LogP contribution in [0.5, 0.6) is 0 Å². The van der Waals surface area contributed by atoms with Crippen LogP contribution in [-0.2, 0) is 19.1 Å².